The van der Waals surface area contributed by atoms with Crippen LogP contribution in [0.3, 0.4) is 0 Å². The number of rotatable bonds is 1. The third kappa shape index (κ3) is 2.08. The molecule has 2 rings (SSSR count). The number of aromatic nitrogens is 2. The van der Waals surface area contributed by atoms with Crippen LogP contribution in [-0.4, -0.2) is 9.97 Å². The van der Waals surface area contributed by atoms with Gasteiger partial charge in [-0.2, -0.15) is 4.39 Å². The largest absolute Gasteiger partial charge is 0.311 e. The molecule has 1 N–H and O–H groups in total. The third-order valence-corrected chi connectivity index (χ3v) is 3.15. The van der Waals surface area contributed by atoms with Crippen LogP contribution in [0.4, 0.5) is 4.39 Å². The molecule has 2 atom stereocenters. The molecule has 1 aromatic rings. The predicted octanol–water partition coefficient (Wildman–Crippen LogP) is 2.20. The minimum Gasteiger partial charge on any atom is -0.311 e. The van der Waals surface area contributed by atoms with Crippen molar-refractivity contribution in [3.05, 3.63) is 28.2 Å². The highest BCUT2D eigenvalue weighted by Gasteiger charge is 2.24. The lowest BCUT2D eigenvalue weighted by Gasteiger charge is -2.26. The molecule has 0 saturated heterocycles. The van der Waals surface area contributed by atoms with Gasteiger partial charge in [0, 0.05) is 5.92 Å². The van der Waals surface area contributed by atoms with Crippen LogP contribution in [0.25, 0.3) is 0 Å². The minimum atomic E-state index is -0.698. The summed E-state index contributed by atoms with van der Waals surface area (Å²) in [5.74, 6) is 0.0249. The Bertz CT molecular complexity index is 402. The number of aromatic amines is 1. The Morgan fingerprint density at radius 2 is 2.33 bits per heavy atom. The van der Waals surface area contributed by atoms with E-state index < -0.39 is 11.4 Å². The van der Waals surface area contributed by atoms with Gasteiger partial charge in [-0.25, -0.2) is 4.98 Å². The van der Waals surface area contributed by atoms with Gasteiger partial charge in [0.1, 0.15) is 0 Å². The van der Waals surface area contributed by atoms with Gasteiger partial charge in [0.25, 0.3) is 5.56 Å². The molecule has 1 aromatic heterocycles. The first-order valence-corrected chi connectivity index (χ1v) is 5.41. The molecule has 4 heteroatoms. The minimum absolute atomic E-state index is 0.121. The van der Waals surface area contributed by atoms with Crippen molar-refractivity contribution in [1.29, 1.82) is 0 Å². The third-order valence-electron chi connectivity index (χ3n) is 3.15. The molecule has 0 radical (unpaired) electrons. The smallest absolute Gasteiger partial charge is 0.287 e. The van der Waals surface area contributed by atoms with E-state index in [2.05, 4.69) is 16.9 Å². The van der Waals surface area contributed by atoms with Crippen molar-refractivity contribution in [1.82, 2.24) is 9.97 Å². The van der Waals surface area contributed by atoms with Gasteiger partial charge < -0.3 is 4.98 Å². The highest BCUT2D eigenvalue weighted by Crippen LogP contribution is 2.35. The van der Waals surface area contributed by atoms with Crippen LogP contribution in [0.5, 0.6) is 0 Å². The lowest BCUT2D eigenvalue weighted by Crippen LogP contribution is -2.20. The summed E-state index contributed by atoms with van der Waals surface area (Å²) in [5.41, 5.74) is -0.302. The second kappa shape index (κ2) is 4.13. The molecule has 0 aliphatic heterocycles. The van der Waals surface area contributed by atoms with Gasteiger partial charge in [0.15, 0.2) is 0 Å². The van der Waals surface area contributed by atoms with Crippen LogP contribution in [-0.2, 0) is 0 Å². The fourth-order valence-corrected chi connectivity index (χ4v) is 2.36. The summed E-state index contributed by atoms with van der Waals surface area (Å²) >= 11 is 0. The zero-order chi connectivity index (χ0) is 10.8. The van der Waals surface area contributed by atoms with Crippen LogP contribution in [0.2, 0.25) is 0 Å². The lowest BCUT2D eigenvalue weighted by atomic mass is 9.80. The SMILES string of the molecule is CC1CCCC(c2nc[nH]c(=O)c2F)C1. The van der Waals surface area contributed by atoms with Gasteiger partial charge in [-0.1, -0.05) is 19.8 Å². The van der Waals surface area contributed by atoms with E-state index >= 15 is 0 Å². The molecular formula is C11H15FN2O. The van der Waals surface area contributed by atoms with Crippen molar-refractivity contribution < 1.29 is 4.39 Å². The predicted molar refractivity (Wildman–Crippen MR) is 55.2 cm³/mol. The maximum atomic E-state index is 13.5. The maximum Gasteiger partial charge on any atom is 0.287 e. The van der Waals surface area contributed by atoms with Crippen LogP contribution >= 0.6 is 0 Å². The van der Waals surface area contributed by atoms with Gasteiger partial charge in [0.05, 0.1) is 12.0 Å². The van der Waals surface area contributed by atoms with E-state index in [0.29, 0.717) is 11.6 Å². The zero-order valence-electron chi connectivity index (χ0n) is 8.79. The molecule has 0 amide bonds. The van der Waals surface area contributed by atoms with E-state index in [9.17, 15) is 9.18 Å². The van der Waals surface area contributed by atoms with Gasteiger partial charge in [-0.15, -0.1) is 0 Å². The Hall–Kier alpha value is -1.19. The number of halogens is 1. The van der Waals surface area contributed by atoms with Gasteiger partial charge in [-0.05, 0) is 18.8 Å². The molecule has 3 nitrogen and oxygen atoms in total. The molecule has 0 spiro atoms. The highest BCUT2D eigenvalue weighted by atomic mass is 19.1. The van der Waals surface area contributed by atoms with E-state index in [1.165, 1.54) is 12.7 Å². The molecule has 0 aromatic carbocycles. The van der Waals surface area contributed by atoms with Crippen LogP contribution < -0.4 is 5.56 Å². The van der Waals surface area contributed by atoms with Crippen LogP contribution in [0, 0.1) is 11.7 Å². The Kier molecular flexibility index (Phi) is 2.84. The molecule has 1 aliphatic carbocycles. The molecule has 2 unspecified atom stereocenters. The summed E-state index contributed by atoms with van der Waals surface area (Å²) in [5, 5.41) is 0. The standard InChI is InChI=1S/C11H15FN2O/c1-7-3-2-4-8(5-7)10-9(12)11(15)14-6-13-10/h6-8H,2-5H2,1H3,(H,13,14,15). The number of H-pyrrole nitrogens is 1. The summed E-state index contributed by atoms with van der Waals surface area (Å²) in [6.07, 6.45) is 5.46. The fraction of sp³-hybridized carbons (Fsp3) is 0.636. The number of nitrogens with one attached hydrogen (secondary N) is 1. The summed E-state index contributed by atoms with van der Waals surface area (Å²) in [6.45, 7) is 2.16. The Labute approximate surface area is 87.7 Å². The molecule has 1 saturated carbocycles. The maximum absolute atomic E-state index is 13.5. The van der Waals surface area contributed by atoms with Crippen molar-refractivity contribution in [2.24, 2.45) is 5.92 Å². The monoisotopic (exact) mass is 210 g/mol. The summed E-state index contributed by atoms with van der Waals surface area (Å²) in [4.78, 5) is 17.3. The molecule has 15 heavy (non-hydrogen) atoms. The van der Waals surface area contributed by atoms with Crippen LogP contribution in [0.1, 0.15) is 44.2 Å². The first-order chi connectivity index (χ1) is 7.18. The molecule has 1 aliphatic rings. The topological polar surface area (TPSA) is 45.8 Å². The molecule has 0 bridgehead atoms. The number of nitrogens with zero attached hydrogens (tertiary/aromatic N) is 1. The van der Waals surface area contributed by atoms with Crippen LogP contribution in [0.15, 0.2) is 11.1 Å². The van der Waals surface area contributed by atoms with Gasteiger partial charge in [0.2, 0.25) is 5.82 Å². The van der Waals surface area contributed by atoms with Gasteiger partial charge in [-0.3, -0.25) is 4.79 Å². The van der Waals surface area contributed by atoms with Crippen molar-refractivity contribution in [3.8, 4) is 0 Å². The van der Waals surface area contributed by atoms with Crippen molar-refractivity contribution in [2.75, 3.05) is 0 Å². The average Bonchev–Trinajstić information content (AvgIpc) is 2.22. The van der Waals surface area contributed by atoms with Crippen molar-refractivity contribution in [2.45, 2.75) is 38.5 Å². The second-order valence-electron chi connectivity index (χ2n) is 4.40. The molecule has 1 heterocycles. The fourth-order valence-electron chi connectivity index (χ4n) is 2.36. The molecule has 82 valence electrons. The van der Waals surface area contributed by atoms with Gasteiger partial charge >= 0.3 is 0 Å². The highest BCUT2D eigenvalue weighted by molar-refractivity contribution is 5.09. The first kappa shape index (κ1) is 10.3. The molecular weight excluding hydrogens is 195 g/mol. The normalized spacial score (nSPS) is 26.5. The Morgan fingerprint density at radius 1 is 1.53 bits per heavy atom. The van der Waals surface area contributed by atoms with Crippen molar-refractivity contribution in [3.63, 3.8) is 0 Å². The molecule has 1 fully saturated rings. The van der Waals surface area contributed by atoms with E-state index in [1.54, 1.807) is 0 Å². The average molecular weight is 210 g/mol. The summed E-state index contributed by atoms with van der Waals surface area (Å²) < 4.78 is 13.5. The van der Waals surface area contributed by atoms with E-state index in [-0.39, 0.29) is 5.92 Å². The van der Waals surface area contributed by atoms with E-state index in [4.69, 9.17) is 0 Å². The van der Waals surface area contributed by atoms with E-state index in [0.717, 1.165) is 19.3 Å². The zero-order valence-corrected chi connectivity index (χ0v) is 8.79. The lowest BCUT2D eigenvalue weighted by molar-refractivity contribution is 0.332. The number of hydrogen-bond acceptors (Lipinski definition) is 2. The summed E-state index contributed by atoms with van der Waals surface area (Å²) in [6, 6.07) is 0. The second-order valence-corrected chi connectivity index (χ2v) is 4.40. The van der Waals surface area contributed by atoms with Crippen molar-refractivity contribution >= 4 is 0 Å². The summed E-state index contributed by atoms with van der Waals surface area (Å²) in [7, 11) is 0. The Balaban J connectivity index is 2.28. The first-order valence-electron chi connectivity index (χ1n) is 5.41. The number of hydrogen-bond donors (Lipinski definition) is 1. The Morgan fingerprint density at radius 3 is 3.07 bits per heavy atom. The van der Waals surface area contributed by atoms with E-state index in [1.807, 2.05) is 0 Å². The quantitative estimate of drug-likeness (QED) is 0.772.